The number of anilines is 2. The molecule has 5 heteroatoms. The van der Waals surface area contributed by atoms with Crippen molar-refractivity contribution in [2.24, 2.45) is 0 Å². The Morgan fingerprint density at radius 1 is 1.00 bits per heavy atom. The topological polar surface area (TPSA) is 58.2 Å². The van der Waals surface area contributed by atoms with Crippen LogP contribution in [-0.2, 0) is 9.59 Å². The fourth-order valence-electron chi connectivity index (χ4n) is 2.24. The summed E-state index contributed by atoms with van der Waals surface area (Å²) in [6.07, 6.45) is -0.252. The third-order valence-corrected chi connectivity index (χ3v) is 4.13. The van der Waals surface area contributed by atoms with Crippen LogP contribution < -0.4 is 10.6 Å². The maximum absolute atomic E-state index is 12.0. The van der Waals surface area contributed by atoms with Gasteiger partial charge in [-0.1, -0.05) is 43.6 Å². The highest BCUT2D eigenvalue weighted by Gasteiger charge is 2.12. The van der Waals surface area contributed by atoms with Gasteiger partial charge in [-0.2, -0.15) is 0 Å². The average molecular weight is 345 g/mol. The van der Waals surface area contributed by atoms with Gasteiger partial charge in [0, 0.05) is 16.4 Å². The Hall–Kier alpha value is -2.33. The third-order valence-electron chi connectivity index (χ3n) is 3.72. The van der Waals surface area contributed by atoms with E-state index in [0.29, 0.717) is 22.3 Å². The molecule has 0 bridgehead atoms. The highest BCUT2D eigenvalue weighted by atomic mass is 35.5. The van der Waals surface area contributed by atoms with E-state index in [0.717, 1.165) is 5.56 Å². The highest BCUT2D eigenvalue weighted by Crippen LogP contribution is 2.23. The highest BCUT2D eigenvalue weighted by molar-refractivity contribution is 6.31. The molecule has 0 saturated heterocycles. The van der Waals surface area contributed by atoms with Crippen molar-refractivity contribution in [3.63, 3.8) is 0 Å². The summed E-state index contributed by atoms with van der Waals surface area (Å²) in [7, 11) is 0. The number of carbonyl (C=O) groups excluding carboxylic acids is 2. The second kappa shape index (κ2) is 7.97. The Morgan fingerprint density at radius 2 is 1.62 bits per heavy atom. The van der Waals surface area contributed by atoms with Crippen molar-refractivity contribution < 1.29 is 9.59 Å². The van der Waals surface area contributed by atoms with Crippen LogP contribution in [0.3, 0.4) is 0 Å². The maximum Gasteiger partial charge on any atom is 0.233 e. The van der Waals surface area contributed by atoms with Crippen molar-refractivity contribution in [1.29, 1.82) is 0 Å². The van der Waals surface area contributed by atoms with Crippen LogP contribution in [-0.4, -0.2) is 11.8 Å². The zero-order valence-electron chi connectivity index (χ0n) is 14.0. The lowest BCUT2D eigenvalue weighted by atomic mass is 10.0. The molecule has 0 spiro atoms. The first-order valence-corrected chi connectivity index (χ1v) is 8.19. The molecule has 0 aliphatic rings. The predicted octanol–water partition coefficient (Wildman–Crippen LogP) is 4.74. The van der Waals surface area contributed by atoms with Crippen LogP contribution >= 0.6 is 11.6 Å². The monoisotopic (exact) mass is 344 g/mol. The van der Waals surface area contributed by atoms with Crippen molar-refractivity contribution in [2.75, 3.05) is 10.6 Å². The normalized spacial score (nSPS) is 10.5. The van der Waals surface area contributed by atoms with E-state index in [1.54, 1.807) is 18.2 Å². The molecule has 2 amide bonds. The largest absolute Gasteiger partial charge is 0.326 e. The molecule has 4 nitrogen and oxygen atoms in total. The number of hydrogen-bond acceptors (Lipinski definition) is 2. The van der Waals surface area contributed by atoms with E-state index in [9.17, 15) is 9.59 Å². The van der Waals surface area contributed by atoms with Crippen molar-refractivity contribution in [3.8, 4) is 0 Å². The average Bonchev–Trinajstić information content (AvgIpc) is 2.52. The van der Waals surface area contributed by atoms with Gasteiger partial charge in [-0.15, -0.1) is 0 Å². The smallest absolute Gasteiger partial charge is 0.233 e. The molecule has 0 heterocycles. The molecule has 126 valence electrons. The van der Waals surface area contributed by atoms with Gasteiger partial charge in [-0.3, -0.25) is 9.59 Å². The lowest BCUT2D eigenvalue weighted by Gasteiger charge is -2.10. The van der Waals surface area contributed by atoms with Gasteiger partial charge in [-0.25, -0.2) is 0 Å². The maximum atomic E-state index is 12.0. The number of benzene rings is 2. The van der Waals surface area contributed by atoms with Crippen molar-refractivity contribution in [3.05, 3.63) is 58.6 Å². The molecule has 0 atom stereocenters. The molecule has 0 unspecified atom stereocenters. The van der Waals surface area contributed by atoms with Crippen LogP contribution in [0.1, 0.15) is 37.3 Å². The Kier molecular flexibility index (Phi) is 5.99. The fraction of sp³-hybridized carbons (Fsp3) is 0.263. The minimum Gasteiger partial charge on any atom is -0.326 e. The molecule has 0 aromatic heterocycles. The standard InChI is InChI=1S/C19H21ClN2O2/c1-12(2)14-7-9-15(10-8-14)21-18(23)11-19(24)22-17-6-4-5-16(20)13(17)3/h4-10,12H,11H2,1-3H3,(H,21,23)(H,22,24). The van der Waals surface area contributed by atoms with Gasteiger partial charge in [0.25, 0.3) is 0 Å². The van der Waals surface area contributed by atoms with E-state index in [-0.39, 0.29) is 18.2 Å². The summed E-state index contributed by atoms with van der Waals surface area (Å²) in [6.45, 7) is 6.03. The van der Waals surface area contributed by atoms with Crippen LogP contribution in [0.25, 0.3) is 0 Å². The van der Waals surface area contributed by atoms with Gasteiger partial charge in [-0.05, 0) is 48.2 Å². The number of amides is 2. The summed E-state index contributed by atoms with van der Waals surface area (Å²) in [6, 6.07) is 12.9. The van der Waals surface area contributed by atoms with Crippen LogP contribution in [0.2, 0.25) is 5.02 Å². The Balaban J connectivity index is 1.92. The number of nitrogens with one attached hydrogen (secondary N) is 2. The molecule has 2 N–H and O–H groups in total. The predicted molar refractivity (Wildman–Crippen MR) is 98.6 cm³/mol. The van der Waals surface area contributed by atoms with Crippen molar-refractivity contribution >= 4 is 34.8 Å². The van der Waals surface area contributed by atoms with Crippen LogP contribution in [0.5, 0.6) is 0 Å². The van der Waals surface area contributed by atoms with Gasteiger partial charge in [0.2, 0.25) is 11.8 Å². The number of carbonyl (C=O) groups is 2. The Morgan fingerprint density at radius 3 is 2.25 bits per heavy atom. The summed E-state index contributed by atoms with van der Waals surface area (Å²) >= 11 is 6.01. The molecule has 0 aliphatic heterocycles. The quantitative estimate of drug-likeness (QED) is 0.770. The summed E-state index contributed by atoms with van der Waals surface area (Å²) in [5.74, 6) is -0.303. The van der Waals surface area contributed by atoms with Crippen LogP contribution in [0, 0.1) is 6.92 Å². The number of hydrogen-bond donors (Lipinski definition) is 2. The van der Waals surface area contributed by atoms with Crippen molar-refractivity contribution in [2.45, 2.75) is 33.1 Å². The molecule has 0 saturated carbocycles. The van der Waals surface area contributed by atoms with E-state index >= 15 is 0 Å². The molecule has 24 heavy (non-hydrogen) atoms. The first-order chi connectivity index (χ1) is 11.4. The first-order valence-electron chi connectivity index (χ1n) is 7.81. The van der Waals surface area contributed by atoms with Crippen LogP contribution in [0.4, 0.5) is 11.4 Å². The summed E-state index contributed by atoms with van der Waals surface area (Å²) in [4.78, 5) is 24.0. The molecule has 0 fully saturated rings. The molecule has 0 aliphatic carbocycles. The molecule has 2 aromatic rings. The van der Waals surface area contributed by atoms with E-state index in [1.807, 2.05) is 31.2 Å². The molecular weight excluding hydrogens is 324 g/mol. The van der Waals surface area contributed by atoms with E-state index in [4.69, 9.17) is 11.6 Å². The number of halogens is 1. The second-order valence-corrected chi connectivity index (χ2v) is 6.37. The SMILES string of the molecule is Cc1c(Cl)cccc1NC(=O)CC(=O)Nc1ccc(C(C)C)cc1. The lowest BCUT2D eigenvalue weighted by molar-refractivity contribution is -0.123. The Labute approximate surface area is 147 Å². The van der Waals surface area contributed by atoms with Gasteiger partial charge < -0.3 is 10.6 Å². The minimum atomic E-state index is -0.378. The van der Waals surface area contributed by atoms with Crippen LogP contribution in [0.15, 0.2) is 42.5 Å². The summed E-state index contributed by atoms with van der Waals surface area (Å²) in [5, 5.41) is 6.00. The van der Waals surface area contributed by atoms with E-state index in [2.05, 4.69) is 24.5 Å². The van der Waals surface area contributed by atoms with Gasteiger partial charge in [0.05, 0.1) is 0 Å². The van der Waals surface area contributed by atoms with Gasteiger partial charge in [0.15, 0.2) is 0 Å². The molecular formula is C19H21ClN2O2. The number of rotatable bonds is 5. The fourth-order valence-corrected chi connectivity index (χ4v) is 2.41. The summed E-state index contributed by atoms with van der Waals surface area (Å²) in [5.41, 5.74) is 3.26. The lowest BCUT2D eigenvalue weighted by Crippen LogP contribution is -2.21. The zero-order chi connectivity index (χ0) is 17.7. The zero-order valence-corrected chi connectivity index (χ0v) is 14.8. The first kappa shape index (κ1) is 18.0. The third kappa shape index (κ3) is 4.83. The second-order valence-electron chi connectivity index (χ2n) is 5.96. The van der Waals surface area contributed by atoms with Crippen molar-refractivity contribution in [1.82, 2.24) is 0 Å². The minimum absolute atomic E-state index is 0.252. The Bertz CT molecular complexity index is 740. The van der Waals surface area contributed by atoms with E-state index < -0.39 is 0 Å². The van der Waals surface area contributed by atoms with Gasteiger partial charge >= 0.3 is 0 Å². The molecule has 2 aromatic carbocycles. The molecule has 0 radical (unpaired) electrons. The summed E-state index contributed by atoms with van der Waals surface area (Å²) < 4.78 is 0. The van der Waals surface area contributed by atoms with Gasteiger partial charge in [0.1, 0.15) is 6.42 Å². The van der Waals surface area contributed by atoms with E-state index in [1.165, 1.54) is 5.56 Å². The molecule has 2 rings (SSSR count).